The number of esters is 1. The van der Waals surface area contributed by atoms with E-state index >= 15 is 0 Å². The molecule has 2 amide bonds. The lowest BCUT2D eigenvalue weighted by Gasteiger charge is -2.39. The molecule has 0 bridgehead atoms. The Balaban J connectivity index is 1.30. The van der Waals surface area contributed by atoms with E-state index in [9.17, 15) is 34.8 Å². The highest BCUT2D eigenvalue weighted by Crippen LogP contribution is 2.31. The zero-order chi connectivity index (χ0) is 31.6. The van der Waals surface area contributed by atoms with Gasteiger partial charge in [-0.05, 0) is 23.8 Å². The molecule has 15 heteroatoms. The number of carbonyl (C=O) groups excluding carboxylic acids is 3. The zero-order valence-corrected chi connectivity index (χ0v) is 23.8. The highest BCUT2D eigenvalue weighted by atomic mass is 16.7. The number of fused-ring (bicyclic) bond motifs is 1. The summed E-state index contributed by atoms with van der Waals surface area (Å²) in [6.07, 6.45) is -3.90. The van der Waals surface area contributed by atoms with Gasteiger partial charge in [0, 0.05) is 31.5 Å². The van der Waals surface area contributed by atoms with Crippen LogP contribution >= 0.6 is 0 Å². The molecule has 1 aliphatic carbocycles. The van der Waals surface area contributed by atoms with Crippen molar-refractivity contribution in [2.24, 2.45) is 0 Å². The van der Waals surface area contributed by atoms with Crippen LogP contribution in [0, 0.1) is 0 Å². The van der Waals surface area contributed by atoms with E-state index in [4.69, 9.17) is 28.8 Å². The fourth-order valence-corrected chi connectivity index (χ4v) is 4.93. The maximum Gasteiger partial charge on any atom is 0.338 e. The minimum Gasteiger partial charge on any atom is -0.456 e. The van der Waals surface area contributed by atoms with E-state index in [1.54, 1.807) is 42.5 Å². The Hall–Kier alpha value is -3.25. The van der Waals surface area contributed by atoms with Crippen molar-refractivity contribution in [2.45, 2.75) is 61.9 Å². The van der Waals surface area contributed by atoms with E-state index < -0.39 is 67.5 Å². The second-order valence-corrected chi connectivity index (χ2v) is 10.4. The first-order chi connectivity index (χ1) is 21.2. The van der Waals surface area contributed by atoms with E-state index in [-0.39, 0.29) is 57.4 Å². The fraction of sp³-hybridized carbons (Fsp3) is 0.552. The molecule has 7 N–H and O–H groups in total. The molecule has 0 unspecified atom stereocenters. The van der Waals surface area contributed by atoms with Crippen LogP contribution in [0.3, 0.4) is 0 Å². The lowest BCUT2D eigenvalue weighted by molar-refractivity contribution is -0.298. The number of hydrogen-bond donors (Lipinski definition) is 7. The molecule has 0 spiro atoms. The smallest absolute Gasteiger partial charge is 0.338 e. The van der Waals surface area contributed by atoms with Crippen LogP contribution in [0.15, 0.2) is 42.0 Å². The number of amides is 2. The third-order valence-corrected chi connectivity index (χ3v) is 7.26. The zero-order valence-electron chi connectivity index (χ0n) is 23.8. The normalized spacial score (nSPS) is 30.0. The molecule has 15 nitrogen and oxygen atoms in total. The maximum atomic E-state index is 13.1. The van der Waals surface area contributed by atoms with Crippen LogP contribution in [0.5, 0.6) is 0 Å². The average molecular weight is 623 g/mol. The summed E-state index contributed by atoms with van der Waals surface area (Å²) in [5.74, 6) is -1.37. The number of benzene rings is 1. The molecule has 1 aromatic rings. The molecule has 2 aliphatic heterocycles. The Morgan fingerprint density at radius 2 is 1.84 bits per heavy atom. The Labute approximate surface area is 253 Å². The van der Waals surface area contributed by atoms with Crippen LogP contribution in [-0.2, 0) is 33.3 Å². The maximum absolute atomic E-state index is 13.1. The van der Waals surface area contributed by atoms with Gasteiger partial charge in [0.2, 0.25) is 11.8 Å². The third-order valence-electron chi connectivity index (χ3n) is 7.26. The summed E-state index contributed by atoms with van der Waals surface area (Å²) < 4.78 is 27.7. The van der Waals surface area contributed by atoms with Crippen molar-refractivity contribution in [1.82, 2.24) is 10.6 Å². The molecule has 1 aromatic carbocycles. The number of hydrogen-bond acceptors (Lipinski definition) is 13. The lowest BCUT2D eigenvalue weighted by atomic mass is 9.91. The second-order valence-electron chi connectivity index (χ2n) is 10.4. The van der Waals surface area contributed by atoms with E-state index in [0.717, 1.165) is 0 Å². The fourth-order valence-electron chi connectivity index (χ4n) is 4.93. The summed E-state index contributed by atoms with van der Waals surface area (Å²) in [5, 5.41) is 53.1. The molecule has 0 radical (unpaired) electrons. The SMILES string of the molecule is O=C(CCNC(=O)C1=C[C@H]2OCO[C@H]2[C@H](OC(=O)c2cccc(C=CCO[C@H]3O[C@H](CO)[C@H](O)[C@H](O)[C@H]3O)c2)C1)NCCO. The Morgan fingerprint density at radius 3 is 2.61 bits per heavy atom. The highest BCUT2D eigenvalue weighted by Gasteiger charge is 2.44. The van der Waals surface area contributed by atoms with E-state index in [1.807, 2.05) is 0 Å². The Kier molecular flexibility index (Phi) is 12.4. The summed E-state index contributed by atoms with van der Waals surface area (Å²) in [6, 6.07) is 6.55. The first-order valence-corrected chi connectivity index (χ1v) is 14.2. The van der Waals surface area contributed by atoms with Gasteiger partial charge >= 0.3 is 5.97 Å². The molecule has 2 saturated heterocycles. The van der Waals surface area contributed by atoms with Crippen molar-refractivity contribution >= 4 is 23.9 Å². The molecule has 8 atom stereocenters. The van der Waals surface area contributed by atoms with Crippen LogP contribution in [-0.4, -0.2) is 132 Å². The van der Waals surface area contributed by atoms with Gasteiger partial charge in [0.25, 0.3) is 0 Å². The summed E-state index contributed by atoms with van der Waals surface area (Å²) in [6.45, 7) is -0.611. The number of carbonyl (C=O) groups is 3. The largest absolute Gasteiger partial charge is 0.456 e. The highest BCUT2D eigenvalue weighted by molar-refractivity contribution is 5.94. The van der Waals surface area contributed by atoms with Gasteiger partial charge in [0.15, 0.2) is 6.29 Å². The number of nitrogens with one attached hydrogen (secondary N) is 2. The molecule has 2 heterocycles. The Morgan fingerprint density at radius 1 is 1.02 bits per heavy atom. The summed E-state index contributed by atoms with van der Waals surface area (Å²) in [4.78, 5) is 37.6. The summed E-state index contributed by atoms with van der Waals surface area (Å²) >= 11 is 0. The van der Waals surface area contributed by atoms with Crippen LogP contribution in [0.1, 0.15) is 28.8 Å². The number of aliphatic hydroxyl groups excluding tert-OH is 5. The number of aliphatic hydroxyl groups is 5. The predicted molar refractivity (Wildman–Crippen MR) is 149 cm³/mol. The minimum atomic E-state index is -1.55. The van der Waals surface area contributed by atoms with Crippen LogP contribution in [0.25, 0.3) is 6.08 Å². The van der Waals surface area contributed by atoms with E-state index in [0.29, 0.717) is 11.1 Å². The first-order valence-electron chi connectivity index (χ1n) is 14.2. The van der Waals surface area contributed by atoms with Gasteiger partial charge < -0.3 is 59.9 Å². The summed E-state index contributed by atoms with van der Waals surface area (Å²) in [5.41, 5.74) is 1.20. The van der Waals surface area contributed by atoms with E-state index in [1.165, 1.54) is 0 Å². The van der Waals surface area contributed by atoms with Crippen LogP contribution < -0.4 is 10.6 Å². The molecule has 4 rings (SSSR count). The molecule has 3 aliphatic rings. The van der Waals surface area contributed by atoms with Gasteiger partial charge in [-0.1, -0.05) is 24.3 Å². The van der Waals surface area contributed by atoms with Crippen LogP contribution in [0.2, 0.25) is 0 Å². The number of ether oxygens (including phenoxy) is 5. The Bertz CT molecular complexity index is 1210. The van der Waals surface area contributed by atoms with Crippen molar-refractivity contribution in [2.75, 3.05) is 39.7 Å². The lowest BCUT2D eigenvalue weighted by Crippen LogP contribution is -2.59. The monoisotopic (exact) mass is 622 g/mol. The predicted octanol–water partition coefficient (Wildman–Crippen LogP) is -2.27. The standard InChI is InChI=1S/C29H38N2O13/c32-9-8-30-22(34)6-7-31-27(38)18-12-19-26(42-15-41-19)20(13-18)43-28(39)17-5-1-3-16(11-17)4-2-10-40-29-25(37)24(36)23(35)21(14-33)44-29/h1-5,11-12,19-21,23-26,29,32-33,35-37H,6-10,13-15H2,(H,30,34)(H,31,38)/t19-,20-,21-,23+,24+,25-,26-,29+/m1/s1. The number of rotatable bonds is 13. The topological polar surface area (TPSA) is 223 Å². The third kappa shape index (κ3) is 8.68. The van der Waals surface area contributed by atoms with Crippen LogP contribution in [0.4, 0.5) is 0 Å². The molecule has 44 heavy (non-hydrogen) atoms. The van der Waals surface area contributed by atoms with E-state index in [2.05, 4.69) is 10.6 Å². The van der Waals surface area contributed by atoms with Gasteiger partial charge in [-0.3, -0.25) is 9.59 Å². The molecular formula is C29H38N2O13. The van der Waals surface area contributed by atoms with Gasteiger partial charge in [-0.25, -0.2) is 4.79 Å². The molecule has 0 aromatic heterocycles. The van der Waals surface area contributed by atoms with Crippen molar-refractivity contribution < 1.29 is 63.6 Å². The first kappa shape index (κ1) is 33.6. The van der Waals surface area contributed by atoms with Crippen molar-refractivity contribution in [1.29, 1.82) is 0 Å². The molecule has 0 saturated carbocycles. The molecule has 2 fully saturated rings. The van der Waals surface area contributed by atoms with Gasteiger partial charge in [-0.15, -0.1) is 0 Å². The van der Waals surface area contributed by atoms with Gasteiger partial charge in [0.1, 0.15) is 49.5 Å². The second kappa shape index (κ2) is 16.2. The average Bonchev–Trinajstić information content (AvgIpc) is 3.51. The quantitative estimate of drug-likeness (QED) is 0.115. The van der Waals surface area contributed by atoms with Gasteiger partial charge in [0.05, 0.1) is 25.4 Å². The van der Waals surface area contributed by atoms with Crippen molar-refractivity contribution in [3.05, 3.63) is 53.1 Å². The minimum absolute atomic E-state index is 0.0225. The van der Waals surface area contributed by atoms with Crippen molar-refractivity contribution in [3.8, 4) is 0 Å². The molecule has 242 valence electrons. The van der Waals surface area contributed by atoms with Crippen molar-refractivity contribution in [3.63, 3.8) is 0 Å². The van der Waals surface area contributed by atoms with Gasteiger partial charge in [-0.2, -0.15) is 0 Å². The molecular weight excluding hydrogens is 584 g/mol. The summed E-state index contributed by atoms with van der Waals surface area (Å²) in [7, 11) is 0.